The first-order valence-corrected chi connectivity index (χ1v) is 9.01. The molecule has 0 bridgehead atoms. The Morgan fingerprint density at radius 2 is 1.64 bits per heavy atom. The summed E-state index contributed by atoms with van der Waals surface area (Å²) in [5, 5.41) is 4.49. The number of rotatable bonds is 7. The lowest BCUT2D eigenvalue weighted by atomic mass is 10.0. The van der Waals surface area contributed by atoms with Crippen LogP contribution in [0.2, 0.25) is 0 Å². The fraction of sp³-hybridized carbons (Fsp3) is 0.333. The zero-order valence-corrected chi connectivity index (χ0v) is 15.1. The fourth-order valence-corrected chi connectivity index (χ4v) is 2.96. The van der Waals surface area contributed by atoms with Crippen LogP contribution in [0, 0.1) is 0 Å². The predicted molar refractivity (Wildman–Crippen MR) is 104 cm³/mol. The minimum atomic E-state index is 0.380. The molecule has 0 atom stereocenters. The van der Waals surface area contributed by atoms with E-state index in [2.05, 4.69) is 25.2 Å². The summed E-state index contributed by atoms with van der Waals surface area (Å²) in [6.07, 6.45) is 2.08. The van der Waals surface area contributed by atoms with Crippen molar-refractivity contribution in [3.63, 3.8) is 0 Å². The number of nitrogens with zero attached hydrogens (tertiary/aromatic N) is 2. The highest BCUT2D eigenvalue weighted by atomic mass is 16.5. The molecule has 130 valence electrons. The fourth-order valence-electron chi connectivity index (χ4n) is 2.96. The zero-order chi connectivity index (χ0) is 17.6. The van der Waals surface area contributed by atoms with Gasteiger partial charge in [0.1, 0.15) is 17.4 Å². The smallest absolute Gasteiger partial charge is 0.142 e. The lowest BCUT2D eigenvalue weighted by Crippen LogP contribution is -2.06. The number of benzene rings is 2. The lowest BCUT2D eigenvalue weighted by Gasteiger charge is -2.15. The molecule has 0 fully saturated rings. The van der Waals surface area contributed by atoms with Crippen molar-refractivity contribution in [1.29, 1.82) is 0 Å². The molecule has 2 aromatic carbocycles. The molecule has 1 N–H and O–H groups in total. The van der Waals surface area contributed by atoms with Crippen molar-refractivity contribution in [2.24, 2.45) is 0 Å². The quantitative estimate of drug-likeness (QED) is 0.604. The number of hydrogen-bond donors (Lipinski definition) is 1. The van der Waals surface area contributed by atoms with E-state index >= 15 is 0 Å². The monoisotopic (exact) mass is 335 g/mol. The van der Waals surface area contributed by atoms with Gasteiger partial charge in [-0.05, 0) is 56.2 Å². The van der Waals surface area contributed by atoms with Crippen LogP contribution in [-0.4, -0.2) is 16.6 Å². The highest BCUT2D eigenvalue weighted by Crippen LogP contribution is 2.28. The molecule has 4 heteroatoms. The largest absolute Gasteiger partial charge is 0.494 e. The highest BCUT2D eigenvalue weighted by molar-refractivity contribution is 5.90. The normalized spacial score (nSPS) is 11.0. The molecule has 1 aromatic heterocycles. The van der Waals surface area contributed by atoms with E-state index < -0.39 is 0 Å². The SMILES string of the molecule is CCOc1ccc(Nc2nc(C(CC)CC)nc3ccccc23)cc1. The molecule has 0 aliphatic carbocycles. The Morgan fingerprint density at radius 1 is 0.920 bits per heavy atom. The molecule has 0 saturated heterocycles. The number of fused-ring (bicyclic) bond motifs is 1. The molecule has 0 radical (unpaired) electrons. The van der Waals surface area contributed by atoms with Gasteiger partial charge in [-0.3, -0.25) is 0 Å². The zero-order valence-electron chi connectivity index (χ0n) is 15.1. The van der Waals surface area contributed by atoms with Gasteiger partial charge in [-0.1, -0.05) is 26.0 Å². The van der Waals surface area contributed by atoms with Gasteiger partial charge in [0.15, 0.2) is 0 Å². The van der Waals surface area contributed by atoms with E-state index in [0.717, 1.165) is 46.8 Å². The predicted octanol–water partition coefficient (Wildman–Crippen LogP) is 5.68. The molecule has 25 heavy (non-hydrogen) atoms. The lowest BCUT2D eigenvalue weighted by molar-refractivity contribution is 0.340. The number of anilines is 2. The maximum Gasteiger partial charge on any atom is 0.142 e. The molecule has 4 nitrogen and oxygen atoms in total. The van der Waals surface area contributed by atoms with Crippen molar-refractivity contribution in [2.75, 3.05) is 11.9 Å². The first kappa shape index (κ1) is 17.2. The van der Waals surface area contributed by atoms with Crippen LogP contribution in [0.5, 0.6) is 5.75 Å². The van der Waals surface area contributed by atoms with Gasteiger partial charge in [-0.15, -0.1) is 0 Å². The second-order valence-electron chi connectivity index (χ2n) is 6.04. The van der Waals surface area contributed by atoms with Gasteiger partial charge in [-0.25, -0.2) is 9.97 Å². The average Bonchev–Trinajstić information content (AvgIpc) is 2.65. The molecule has 3 aromatic rings. The summed E-state index contributed by atoms with van der Waals surface area (Å²) in [6, 6.07) is 16.1. The maximum atomic E-state index is 5.51. The molecule has 0 aliphatic heterocycles. The molecular weight excluding hydrogens is 310 g/mol. The van der Waals surface area contributed by atoms with Crippen LogP contribution in [0.25, 0.3) is 10.9 Å². The molecular formula is C21H25N3O. The number of ether oxygens (including phenoxy) is 1. The molecule has 0 spiro atoms. The van der Waals surface area contributed by atoms with Gasteiger partial charge in [-0.2, -0.15) is 0 Å². The van der Waals surface area contributed by atoms with Gasteiger partial charge in [0.2, 0.25) is 0 Å². The molecule has 0 aliphatic rings. The summed E-state index contributed by atoms with van der Waals surface area (Å²) in [7, 11) is 0. The topological polar surface area (TPSA) is 47.0 Å². The van der Waals surface area contributed by atoms with Gasteiger partial charge in [0.05, 0.1) is 12.1 Å². The molecule has 0 amide bonds. The summed E-state index contributed by atoms with van der Waals surface area (Å²) in [4.78, 5) is 9.63. The summed E-state index contributed by atoms with van der Waals surface area (Å²) >= 11 is 0. The van der Waals surface area contributed by atoms with Crippen molar-refractivity contribution >= 4 is 22.4 Å². The van der Waals surface area contributed by atoms with Crippen molar-refractivity contribution < 1.29 is 4.74 Å². The second kappa shape index (κ2) is 7.97. The van der Waals surface area contributed by atoms with Crippen LogP contribution in [0.4, 0.5) is 11.5 Å². The van der Waals surface area contributed by atoms with E-state index in [0.29, 0.717) is 12.5 Å². The van der Waals surface area contributed by atoms with Crippen LogP contribution in [0.15, 0.2) is 48.5 Å². The number of para-hydroxylation sites is 1. The van der Waals surface area contributed by atoms with E-state index in [9.17, 15) is 0 Å². The summed E-state index contributed by atoms with van der Waals surface area (Å²) in [5.74, 6) is 3.03. The average molecular weight is 335 g/mol. The van der Waals surface area contributed by atoms with E-state index in [1.165, 1.54) is 0 Å². The minimum absolute atomic E-state index is 0.380. The van der Waals surface area contributed by atoms with Gasteiger partial charge < -0.3 is 10.1 Å². The molecule has 0 saturated carbocycles. The Balaban J connectivity index is 1.98. The highest BCUT2D eigenvalue weighted by Gasteiger charge is 2.14. The Bertz CT molecular complexity index is 826. The van der Waals surface area contributed by atoms with Crippen molar-refractivity contribution in [3.8, 4) is 5.75 Å². The number of hydrogen-bond acceptors (Lipinski definition) is 4. The first-order chi connectivity index (χ1) is 12.2. The van der Waals surface area contributed by atoms with Crippen molar-refractivity contribution in [2.45, 2.75) is 39.5 Å². The van der Waals surface area contributed by atoms with Crippen LogP contribution in [0.3, 0.4) is 0 Å². The Kier molecular flexibility index (Phi) is 5.49. The Morgan fingerprint density at radius 3 is 2.32 bits per heavy atom. The van der Waals surface area contributed by atoms with Crippen LogP contribution in [0.1, 0.15) is 45.4 Å². The van der Waals surface area contributed by atoms with Gasteiger partial charge in [0.25, 0.3) is 0 Å². The number of aromatic nitrogens is 2. The second-order valence-corrected chi connectivity index (χ2v) is 6.04. The Hall–Kier alpha value is -2.62. The van der Waals surface area contributed by atoms with E-state index in [1.54, 1.807) is 0 Å². The molecule has 3 rings (SSSR count). The Labute approximate surface area is 149 Å². The third kappa shape index (κ3) is 3.90. The standard InChI is InChI=1S/C21H25N3O/c1-4-15(5-2)20-23-19-10-8-7-9-18(19)21(24-20)22-16-11-13-17(14-12-16)25-6-3/h7-15H,4-6H2,1-3H3,(H,22,23,24). The molecule has 1 heterocycles. The first-order valence-electron chi connectivity index (χ1n) is 9.01. The van der Waals surface area contributed by atoms with Crippen LogP contribution >= 0.6 is 0 Å². The van der Waals surface area contributed by atoms with Crippen LogP contribution in [-0.2, 0) is 0 Å². The number of nitrogens with one attached hydrogen (secondary N) is 1. The van der Waals surface area contributed by atoms with E-state index in [4.69, 9.17) is 14.7 Å². The maximum absolute atomic E-state index is 5.51. The summed E-state index contributed by atoms with van der Waals surface area (Å²) < 4.78 is 5.51. The third-order valence-electron chi connectivity index (χ3n) is 4.40. The minimum Gasteiger partial charge on any atom is -0.494 e. The van der Waals surface area contributed by atoms with Crippen molar-refractivity contribution in [3.05, 3.63) is 54.4 Å². The van der Waals surface area contributed by atoms with Crippen LogP contribution < -0.4 is 10.1 Å². The van der Waals surface area contributed by atoms with Gasteiger partial charge >= 0.3 is 0 Å². The molecule has 0 unspecified atom stereocenters. The summed E-state index contributed by atoms with van der Waals surface area (Å²) in [6.45, 7) is 7.03. The van der Waals surface area contributed by atoms with Gasteiger partial charge in [0, 0.05) is 17.0 Å². The van der Waals surface area contributed by atoms with E-state index in [1.807, 2.05) is 49.4 Å². The van der Waals surface area contributed by atoms with E-state index in [-0.39, 0.29) is 0 Å². The summed E-state index contributed by atoms with van der Waals surface area (Å²) in [5.41, 5.74) is 1.97. The van der Waals surface area contributed by atoms with Crippen molar-refractivity contribution in [1.82, 2.24) is 9.97 Å². The third-order valence-corrected chi connectivity index (χ3v) is 4.40.